The second-order valence-corrected chi connectivity index (χ2v) is 2.84. The van der Waals surface area contributed by atoms with Gasteiger partial charge < -0.3 is 5.73 Å². The first kappa shape index (κ1) is 7.63. The molecule has 1 aromatic rings. The summed E-state index contributed by atoms with van der Waals surface area (Å²) in [7, 11) is 0. The second kappa shape index (κ2) is 3.64. The van der Waals surface area contributed by atoms with Crippen LogP contribution in [-0.4, -0.2) is 6.26 Å². The highest BCUT2D eigenvalue weighted by atomic mass is 32.2. The number of rotatable bonds is 2. The van der Waals surface area contributed by atoms with E-state index in [1.807, 2.05) is 18.4 Å². The molecule has 0 atom stereocenters. The van der Waals surface area contributed by atoms with Crippen LogP contribution in [0.1, 0.15) is 5.56 Å². The van der Waals surface area contributed by atoms with Crippen LogP contribution in [-0.2, 0) is 6.54 Å². The Kier molecular flexibility index (Phi) is 2.78. The molecule has 1 rings (SSSR count). The van der Waals surface area contributed by atoms with Gasteiger partial charge in [0.05, 0.1) is 0 Å². The predicted octanol–water partition coefficient (Wildman–Crippen LogP) is 1.67. The highest BCUT2D eigenvalue weighted by molar-refractivity contribution is 7.98. The van der Waals surface area contributed by atoms with Gasteiger partial charge in [-0.1, -0.05) is 6.07 Å². The summed E-state index contributed by atoms with van der Waals surface area (Å²) in [5, 5.41) is 0. The van der Waals surface area contributed by atoms with Crippen molar-refractivity contribution in [1.29, 1.82) is 0 Å². The minimum atomic E-state index is 0.578. The normalized spacial score (nSPS) is 9.80. The van der Waals surface area contributed by atoms with Crippen molar-refractivity contribution in [3.8, 4) is 0 Å². The van der Waals surface area contributed by atoms with E-state index < -0.39 is 0 Å². The molecule has 0 aliphatic heterocycles. The lowest BCUT2D eigenvalue weighted by Gasteiger charge is -1.96. The van der Waals surface area contributed by atoms with Crippen molar-refractivity contribution >= 4 is 11.8 Å². The lowest BCUT2D eigenvalue weighted by molar-refractivity contribution is 1.06. The van der Waals surface area contributed by atoms with Gasteiger partial charge in [0.2, 0.25) is 0 Å². The molecule has 0 amide bonds. The fraction of sp³-hybridized carbons (Fsp3) is 0.250. The summed E-state index contributed by atoms with van der Waals surface area (Å²) in [4.78, 5) is 1.23. The molecule has 0 bridgehead atoms. The number of benzene rings is 1. The molecule has 2 heteroatoms. The standard InChI is InChI=1S/C8H10NS/c1-10-8-4-2-7(6-9)3-5-8/h2,4-5H,6,9H2,1H3. The van der Waals surface area contributed by atoms with Gasteiger partial charge in [0.25, 0.3) is 0 Å². The SMILES string of the molecule is CSc1c[c]c(CN)cc1. The molecule has 0 aromatic heterocycles. The Bertz CT molecular complexity index is 170. The highest BCUT2D eigenvalue weighted by Crippen LogP contribution is 2.13. The van der Waals surface area contributed by atoms with Gasteiger partial charge in [-0.05, 0) is 30.0 Å². The summed E-state index contributed by atoms with van der Waals surface area (Å²) in [5.74, 6) is 0. The third-order valence-corrected chi connectivity index (χ3v) is 2.03. The van der Waals surface area contributed by atoms with Crippen molar-refractivity contribution in [2.24, 2.45) is 5.73 Å². The Morgan fingerprint density at radius 1 is 1.60 bits per heavy atom. The van der Waals surface area contributed by atoms with Gasteiger partial charge in [-0.25, -0.2) is 0 Å². The largest absolute Gasteiger partial charge is 0.326 e. The Balaban J connectivity index is 2.80. The van der Waals surface area contributed by atoms with Gasteiger partial charge in [0.1, 0.15) is 0 Å². The zero-order valence-electron chi connectivity index (χ0n) is 5.92. The molecule has 1 nitrogen and oxygen atoms in total. The summed E-state index contributed by atoms with van der Waals surface area (Å²) in [6, 6.07) is 9.12. The maximum atomic E-state index is 5.40. The predicted molar refractivity (Wildman–Crippen MR) is 45.0 cm³/mol. The molecule has 0 heterocycles. The number of nitrogens with two attached hydrogens (primary N) is 1. The highest BCUT2D eigenvalue weighted by Gasteiger charge is 1.89. The molecule has 0 aliphatic carbocycles. The van der Waals surface area contributed by atoms with E-state index in [-0.39, 0.29) is 0 Å². The summed E-state index contributed by atoms with van der Waals surface area (Å²) < 4.78 is 0. The van der Waals surface area contributed by atoms with E-state index in [4.69, 9.17) is 5.73 Å². The number of thioether (sulfide) groups is 1. The molecule has 10 heavy (non-hydrogen) atoms. The first-order valence-corrected chi connectivity index (χ1v) is 4.34. The lowest BCUT2D eigenvalue weighted by atomic mass is 10.2. The summed E-state index contributed by atoms with van der Waals surface area (Å²) in [6.07, 6.45) is 2.05. The molecular weight excluding hydrogens is 142 g/mol. The second-order valence-electron chi connectivity index (χ2n) is 1.96. The van der Waals surface area contributed by atoms with Crippen LogP contribution in [0.4, 0.5) is 0 Å². The fourth-order valence-corrected chi connectivity index (χ4v) is 1.08. The molecule has 0 spiro atoms. The molecular formula is C8H10NS. The van der Waals surface area contributed by atoms with Crippen LogP contribution >= 0.6 is 11.8 Å². The summed E-state index contributed by atoms with van der Waals surface area (Å²) in [6.45, 7) is 0.578. The Labute approximate surface area is 65.6 Å². The van der Waals surface area contributed by atoms with Crippen molar-refractivity contribution in [3.63, 3.8) is 0 Å². The molecule has 0 aliphatic rings. The van der Waals surface area contributed by atoms with E-state index in [2.05, 4.69) is 12.1 Å². The molecule has 53 valence electrons. The zero-order chi connectivity index (χ0) is 7.40. The van der Waals surface area contributed by atoms with Gasteiger partial charge >= 0.3 is 0 Å². The molecule has 0 saturated carbocycles. The zero-order valence-corrected chi connectivity index (χ0v) is 6.74. The van der Waals surface area contributed by atoms with E-state index in [9.17, 15) is 0 Å². The molecule has 0 unspecified atom stereocenters. The van der Waals surface area contributed by atoms with Gasteiger partial charge in [-0.15, -0.1) is 11.8 Å². The first-order valence-electron chi connectivity index (χ1n) is 3.11. The van der Waals surface area contributed by atoms with Crippen molar-refractivity contribution in [3.05, 3.63) is 29.8 Å². The van der Waals surface area contributed by atoms with E-state index in [1.165, 1.54) is 4.90 Å². The van der Waals surface area contributed by atoms with Crippen LogP contribution in [0.2, 0.25) is 0 Å². The van der Waals surface area contributed by atoms with E-state index in [0.29, 0.717) is 6.54 Å². The van der Waals surface area contributed by atoms with Crippen molar-refractivity contribution < 1.29 is 0 Å². The molecule has 1 aromatic carbocycles. The van der Waals surface area contributed by atoms with Gasteiger partial charge in [0.15, 0.2) is 0 Å². The van der Waals surface area contributed by atoms with Gasteiger partial charge in [-0.3, -0.25) is 0 Å². The number of hydrogen-bond acceptors (Lipinski definition) is 2. The average molecular weight is 152 g/mol. The van der Waals surface area contributed by atoms with Crippen molar-refractivity contribution in [2.75, 3.05) is 6.26 Å². The van der Waals surface area contributed by atoms with E-state index in [0.717, 1.165) is 5.56 Å². The van der Waals surface area contributed by atoms with Crippen LogP contribution in [0.3, 0.4) is 0 Å². The molecule has 0 saturated heterocycles. The van der Waals surface area contributed by atoms with Crippen LogP contribution in [0, 0.1) is 6.07 Å². The molecule has 0 fully saturated rings. The third kappa shape index (κ3) is 1.75. The van der Waals surface area contributed by atoms with Crippen molar-refractivity contribution in [2.45, 2.75) is 11.4 Å². The summed E-state index contributed by atoms with van der Waals surface area (Å²) in [5.41, 5.74) is 6.47. The topological polar surface area (TPSA) is 26.0 Å². The third-order valence-electron chi connectivity index (χ3n) is 1.30. The minimum absolute atomic E-state index is 0.578. The van der Waals surface area contributed by atoms with E-state index >= 15 is 0 Å². The monoisotopic (exact) mass is 152 g/mol. The van der Waals surface area contributed by atoms with Crippen LogP contribution in [0.15, 0.2) is 23.1 Å². The maximum absolute atomic E-state index is 5.40. The van der Waals surface area contributed by atoms with E-state index in [1.54, 1.807) is 11.8 Å². The van der Waals surface area contributed by atoms with Crippen LogP contribution in [0.25, 0.3) is 0 Å². The summed E-state index contributed by atoms with van der Waals surface area (Å²) >= 11 is 1.72. The Hall–Kier alpha value is -0.470. The van der Waals surface area contributed by atoms with Gasteiger partial charge in [-0.2, -0.15) is 0 Å². The lowest BCUT2D eigenvalue weighted by Crippen LogP contribution is -1.95. The fourth-order valence-electron chi connectivity index (χ4n) is 0.697. The smallest absolute Gasteiger partial charge is 0.0184 e. The van der Waals surface area contributed by atoms with Crippen molar-refractivity contribution in [1.82, 2.24) is 0 Å². The average Bonchev–Trinajstić information content (AvgIpc) is 2.05. The number of hydrogen-bond donors (Lipinski definition) is 1. The minimum Gasteiger partial charge on any atom is -0.326 e. The van der Waals surface area contributed by atoms with Crippen LogP contribution < -0.4 is 5.73 Å². The van der Waals surface area contributed by atoms with Crippen LogP contribution in [0.5, 0.6) is 0 Å². The Morgan fingerprint density at radius 3 is 2.80 bits per heavy atom. The first-order chi connectivity index (χ1) is 4.86. The maximum Gasteiger partial charge on any atom is 0.0184 e. The molecule has 1 radical (unpaired) electrons. The quantitative estimate of drug-likeness (QED) is 0.652. The Morgan fingerprint density at radius 2 is 2.40 bits per heavy atom. The van der Waals surface area contributed by atoms with Gasteiger partial charge in [0, 0.05) is 11.4 Å². The molecule has 2 N–H and O–H groups in total.